The number of anilines is 1. The Labute approximate surface area is 197 Å². The fourth-order valence-corrected chi connectivity index (χ4v) is 4.15. The number of carbonyl (C=O) groups excluding carboxylic acids is 1. The second-order valence-electron chi connectivity index (χ2n) is 6.20. The lowest BCUT2D eigenvalue weighted by atomic mass is 10.3. The van der Waals surface area contributed by atoms with Crippen LogP contribution in [0.15, 0.2) is 41.6 Å². The Kier molecular flexibility index (Phi) is 7.76. The first-order valence-corrected chi connectivity index (χ1v) is 11.1. The predicted molar refractivity (Wildman–Crippen MR) is 122 cm³/mol. The van der Waals surface area contributed by atoms with E-state index in [2.05, 4.69) is 15.5 Å². The van der Waals surface area contributed by atoms with Crippen LogP contribution in [0.25, 0.3) is 0 Å². The summed E-state index contributed by atoms with van der Waals surface area (Å²) in [7, 11) is 1.80. The third-order valence-corrected chi connectivity index (χ3v) is 6.07. The minimum Gasteiger partial charge on any atom is -0.481 e. The topological polar surface area (TPSA) is 69.0 Å². The molecule has 0 saturated heterocycles. The molecule has 1 atom stereocenters. The van der Waals surface area contributed by atoms with Gasteiger partial charge in [-0.15, -0.1) is 10.2 Å². The Balaban J connectivity index is 1.61. The van der Waals surface area contributed by atoms with Crippen LogP contribution in [0, 0.1) is 0 Å². The summed E-state index contributed by atoms with van der Waals surface area (Å²) in [5.41, 5.74) is 0.493. The van der Waals surface area contributed by atoms with E-state index in [0.717, 1.165) is 0 Å². The highest BCUT2D eigenvalue weighted by Gasteiger charge is 2.19. The van der Waals surface area contributed by atoms with Gasteiger partial charge >= 0.3 is 0 Å². The molecule has 1 aromatic heterocycles. The summed E-state index contributed by atoms with van der Waals surface area (Å²) in [6, 6.07) is 9.86. The standard InChI is InChI=1S/C19H16Cl4N4O2S/c1-10(29-16-6-4-12(21)8-14(16)23)18-25-26-19(27(18)2)30-9-17(28)24-15-5-3-11(20)7-13(15)22/h3-8,10H,9H2,1-2H3,(H,24,28). The number of hydrogen-bond acceptors (Lipinski definition) is 5. The first kappa shape index (κ1) is 23.0. The molecule has 0 fully saturated rings. The van der Waals surface area contributed by atoms with Crippen LogP contribution < -0.4 is 10.1 Å². The van der Waals surface area contributed by atoms with Gasteiger partial charge in [0.25, 0.3) is 0 Å². The largest absolute Gasteiger partial charge is 0.481 e. The molecule has 1 amide bonds. The van der Waals surface area contributed by atoms with E-state index >= 15 is 0 Å². The van der Waals surface area contributed by atoms with E-state index in [0.29, 0.717) is 42.5 Å². The average Bonchev–Trinajstić information content (AvgIpc) is 3.05. The SMILES string of the molecule is CC(Oc1ccc(Cl)cc1Cl)c1nnc(SCC(=O)Nc2ccc(Cl)cc2Cl)n1C. The molecule has 0 aliphatic heterocycles. The number of benzene rings is 2. The van der Waals surface area contributed by atoms with Crippen LogP contribution in [0.2, 0.25) is 20.1 Å². The minimum absolute atomic E-state index is 0.128. The van der Waals surface area contributed by atoms with Gasteiger partial charge in [0, 0.05) is 17.1 Å². The highest BCUT2D eigenvalue weighted by molar-refractivity contribution is 7.99. The zero-order valence-corrected chi connectivity index (χ0v) is 19.7. The highest BCUT2D eigenvalue weighted by Crippen LogP contribution is 2.31. The predicted octanol–water partition coefficient (Wildman–Crippen LogP) is 6.30. The maximum Gasteiger partial charge on any atom is 0.234 e. The van der Waals surface area contributed by atoms with Crippen molar-refractivity contribution >= 4 is 69.8 Å². The van der Waals surface area contributed by atoms with Crippen LogP contribution in [-0.4, -0.2) is 26.4 Å². The zero-order chi connectivity index (χ0) is 21.8. The summed E-state index contributed by atoms with van der Waals surface area (Å²) < 4.78 is 7.65. The number of carbonyl (C=O) groups is 1. The Hall–Kier alpha value is -1.64. The van der Waals surface area contributed by atoms with E-state index in [1.165, 1.54) is 11.8 Å². The molecule has 11 heteroatoms. The molecular weight excluding hydrogens is 490 g/mol. The number of aromatic nitrogens is 3. The fourth-order valence-electron chi connectivity index (χ4n) is 2.53. The van der Waals surface area contributed by atoms with Crippen molar-refractivity contribution in [3.63, 3.8) is 0 Å². The molecular formula is C19H16Cl4N4O2S. The van der Waals surface area contributed by atoms with Crippen molar-refractivity contribution in [2.75, 3.05) is 11.1 Å². The lowest BCUT2D eigenvalue weighted by molar-refractivity contribution is -0.113. The van der Waals surface area contributed by atoms with Crippen molar-refractivity contribution in [1.29, 1.82) is 0 Å². The lowest BCUT2D eigenvalue weighted by Crippen LogP contribution is -2.15. The number of nitrogens with one attached hydrogen (secondary N) is 1. The quantitative estimate of drug-likeness (QED) is 0.381. The van der Waals surface area contributed by atoms with E-state index in [4.69, 9.17) is 51.1 Å². The maximum atomic E-state index is 12.2. The monoisotopic (exact) mass is 504 g/mol. The Morgan fingerprint density at radius 1 is 1.10 bits per heavy atom. The number of ether oxygens (including phenoxy) is 1. The molecule has 1 unspecified atom stereocenters. The summed E-state index contributed by atoms with van der Waals surface area (Å²) >= 11 is 25.3. The van der Waals surface area contributed by atoms with Gasteiger partial charge in [0.2, 0.25) is 5.91 Å². The van der Waals surface area contributed by atoms with Gasteiger partial charge in [-0.3, -0.25) is 4.79 Å². The normalized spacial score (nSPS) is 11.9. The molecule has 0 radical (unpaired) electrons. The number of nitrogens with zero attached hydrogens (tertiary/aromatic N) is 3. The average molecular weight is 506 g/mol. The molecule has 0 spiro atoms. The summed E-state index contributed by atoms with van der Waals surface area (Å²) in [5.74, 6) is 0.976. The first-order chi connectivity index (χ1) is 14.2. The van der Waals surface area contributed by atoms with E-state index < -0.39 is 6.10 Å². The molecule has 3 aromatic rings. The number of amides is 1. The van der Waals surface area contributed by atoms with Crippen LogP contribution in [-0.2, 0) is 11.8 Å². The molecule has 158 valence electrons. The summed E-state index contributed by atoms with van der Waals surface area (Å²) in [4.78, 5) is 12.2. The Morgan fingerprint density at radius 3 is 2.43 bits per heavy atom. The molecule has 2 aromatic carbocycles. The van der Waals surface area contributed by atoms with Gasteiger partial charge in [0.15, 0.2) is 17.1 Å². The van der Waals surface area contributed by atoms with Gasteiger partial charge < -0.3 is 14.6 Å². The van der Waals surface area contributed by atoms with Crippen molar-refractivity contribution < 1.29 is 9.53 Å². The van der Waals surface area contributed by atoms with Gasteiger partial charge in [-0.05, 0) is 43.3 Å². The summed E-state index contributed by atoms with van der Waals surface area (Å²) in [6.07, 6.45) is -0.419. The zero-order valence-electron chi connectivity index (χ0n) is 15.8. The Bertz CT molecular complexity index is 1080. The van der Waals surface area contributed by atoms with E-state index in [1.54, 1.807) is 48.0 Å². The third-order valence-electron chi connectivity index (χ3n) is 3.97. The van der Waals surface area contributed by atoms with Crippen LogP contribution in [0.1, 0.15) is 18.9 Å². The number of rotatable bonds is 7. The van der Waals surface area contributed by atoms with Gasteiger partial charge in [0.05, 0.1) is 21.5 Å². The van der Waals surface area contributed by atoms with Crippen molar-refractivity contribution in [1.82, 2.24) is 14.8 Å². The van der Waals surface area contributed by atoms with Crippen molar-refractivity contribution in [3.05, 3.63) is 62.3 Å². The van der Waals surface area contributed by atoms with E-state index in [-0.39, 0.29) is 11.7 Å². The molecule has 1 N–H and O–H groups in total. The Morgan fingerprint density at radius 2 is 1.77 bits per heavy atom. The summed E-state index contributed by atoms with van der Waals surface area (Å²) in [6.45, 7) is 1.83. The molecule has 0 aliphatic rings. The maximum absolute atomic E-state index is 12.2. The number of halogens is 4. The fraction of sp³-hybridized carbons (Fsp3) is 0.211. The smallest absolute Gasteiger partial charge is 0.234 e. The van der Waals surface area contributed by atoms with Crippen molar-refractivity contribution in [3.8, 4) is 5.75 Å². The molecule has 30 heavy (non-hydrogen) atoms. The van der Waals surface area contributed by atoms with Crippen LogP contribution in [0.5, 0.6) is 5.75 Å². The number of hydrogen-bond donors (Lipinski definition) is 1. The number of thioether (sulfide) groups is 1. The van der Waals surface area contributed by atoms with Gasteiger partial charge in [-0.2, -0.15) is 0 Å². The van der Waals surface area contributed by atoms with Crippen LogP contribution in [0.4, 0.5) is 5.69 Å². The second kappa shape index (κ2) is 10.1. The second-order valence-corrected chi connectivity index (χ2v) is 8.83. The van der Waals surface area contributed by atoms with Gasteiger partial charge in [-0.25, -0.2) is 0 Å². The van der Waals surface area contributed by atoms with Crippen LogP contribution in [0.3, 0.4) is 0 Å². The third kappa shape index (κ3) is 5.74. The molecule has 0 bridgehead atoms. The van der Waals surface area contributed by atoms with E-state index in [9.17, 15) is 4.79 Å². The lowest BCUT2D eigenvalue weighted by Gasteiger charge is -2.15. The molecule has 6 nitrogen and oxygen atoms in total. The van der Waals surface area contributed by atoms with Crippen LogP contribution >= 0.6 is 58.2 Å². The molecule has 0 aliphatic carbocycles. The summed E-state index contributed by atoms with van der Waals surface area (Å²) in [5, 5.41) is 13.4. The molecule has 3 rings (SSSR count). The molecule has 0 saturated carbocycles. The molecule has 1 heterocycles. The van der Waals surface area contributed by atoms with Crippen molar-refractivity contribution in [2.45, 2.75) is 18.2 Å². The van der Waals surface area contributed by atoms with Gasteiger partial charge in [0.1, 0.15) is 5.75 Å². The van der Waals surface area contributed by atoms with Gasteiger partial charge in [-0.1, -0.05) is 58.2 Å². The highest BCUT2D eigenvalue weighted by atomic mass is 35.5. The first-order valence-electron chi connectivity index (χ1n) is 8.63. The van der Waals surface area contributed by atoms with Crippen molar-refractivity contribution in [2.24, 2.45) is 7.05 Å². The minimum atomic E-state index is -0.419. The van der Waals surface area contributed by atoms with E-state index in [1.807, 2.05) is 6.92 Å².